The number of nitrogens with zero attached hydrogens (tertiary/aromatic N) is 3. The third-order valence-electron chi connectivity index (χ3n) is 2.66. The highest BCUT2D eigenvalue weighted by Crippen LogP contribution is 2.20. The zero-order chi connectivity index (χ0) is 13.1. The van der Waals surface area contributed by atoms with Gasteiger partial charge in [0.25, 0.3) is 5.56 Å². The third kappa shape index (κ3) is 3.80. The van der Waals surface area contributed by atoms with Gasteiger partial charge in [-0.3, -0.25) is 9.36 Å². The Hall–Kier alpha value is -0.900. The summed E-state index contributed by atoms with van der Waals surface area (Å²) in [6, 6.07) is 2.26. The highest BCUT2D eigenvalue weighted by molar-refractivity contribution is 14.1. The molecule has 0 unspecified atom stereocenters. The Labute approximate surface area is 115 Å². The van der Waals surface area contributed by atoms with Crippen molar-refractivity contribution in [2.45, 2.75) is 40.2 Å². The topological polar surface area (TPSA) is 58.7 Å². The lowest BCUT2D eigenvalue weighted by Gasteiger charge is -2.15. The van der Waals surface area contributed by atoms with Gasteiger partial charge in [0, 0.05) is 6.54 Å². The largest absolute Gasteiger partial charge is 0.298 e. The van der Waals surface area contributed by atoms with Gasteiger partial charge >= 0.3 is 0 Å². The maximum Gasteiger partial charge on any atom is 0.266 e. The average molecular weight is 345 g/mol. The number of nitriles is 1. The molecule has 0 bridgehead atoms. The molecular formula is C12H16IN3O. The van der Waals surface area contributed by atoms with Crippen molar-refractivity contribution in [2.24, 2.45) is 5.41 Å². The maximum absolute atomic E-state index is 11.9. The summed E-state index contributed by atoms with van der Waals surface area (Å²) in [5.41, 5.74) is 0.451. The molecule has 0 aliphatic heterocycles. The fraction of sp³-hybridized carbons (Fsp3) is 0.583. The lowest BCUT2D eigenvalue weighted by molar-refractivity contribution is 0.412. The molecule has 0 fully saturated rings. The SMILES string of the molecule is Cc1ncn(CCCC(C)(C)C#N)c(=O)c1I. The number of aromatic nitrogens is 2. The van der Waals surface area contributed by atoms with E-state index in [4.69, 9.17) is 5.26 Å². The highest BCUT2D eigenvalue weighted by atomic mass is 127. The van der Waals surface area contributed by atoms with Gasteiger partial charge in [-0.1, -0.05) is 0 Å². The zero-order valence-corrected chi connectivity index (χ0v) is 12.5. The monoisotopic (exact) mass is 345 g/mol. The van der Waals surface area contributed by atoms with E-state index in [0.717, 1.165) is 18.5 Å². The van der Waals surface area contributed by atoms with Crippen LogP contribution in [0.3, 0.4) is 0 Å². The Morgan fingerprint density at radius 3 is 2.82 bits per heavy atom. The van der Waals surface area contributed by atoms with E-state index >= 15 is 0 Å². The molecular weight excluding hydrogens is 329 g/mol. The van der Waals surface area contributed by atoms with Crippen LogP contribution in [0.1, 0.15) is 32.4 Å². The first kappa shape index (κ1) is 14.2. The molecule has 0 amide bonds. The molecule has 0 radical (unpaired) electrons. The maximum atomic E-state index is 11.9. The van der Waals surface area contributed by atoms with E-state index in [0.29, 0.717) is 10.1 Å². The molecule has 92 valence electrons. The lowest BCUT2D eigenvalue weighted by atomic mass is 9.90. The second-order valence-corrected chi connectivity index (χ2v) is 5.82. The molecule has 17 heavy (non-hydrogen) atoms. The van der Waals surface area contributed by atoms with Crippen molar-refractivity contribution in [3.8, 4) is 6.07 Å². The number of hydrogen-bond donors (Lipinski definition) is 0. The molecule has 0 atom stereocenters. The number of rotatable bonds is 4. The van der Waals surface area contributed by atoms with Crippen LogP contribution in [-0.4, -0.2) is 9.55 Å². The second kappa shape index (κ2) is 5.63. The van der Waals surface area contributed by atoms with Crippen LogP contribution in [-0.2, 0) is 6.54 Å². The molecule has 5 heteroatoms. The fourth-order valence-electron chi connectivity index (χ4n) is 1.45. The van der Waals surface area contributed by atoms with Crippen molar-refractivity contribution in [1.29, 1.82) is 5.26 Å². The summed E-state index contributed by atoms with van der Waals surface area (Å²) in [5.74, 6) is 0. The van der Waals surface area contributed by atoms with E-state index in [1.165, 1.54) is 0 Å². The normalized spacial score (nSPS) is 11.2. The van der Waals surface area contributed by atoms with Crippen molar-refractivity contribution in [3.63, 3.8) is 0 Å². The zero-order valence-electron chi connectivity index (χ0n) is 10.3. The number of halogens is 1. The van der Waals surface area contributed by atoms with Gasteiger partial charge in [-0.25, -0.2) is 4.98 Å². The predicted molar refractivity (Wildman–Crippen MR) is 74.6 cm³/mol. The minimum Gasteiger partial charge on any atom is -0.298 e. The molecule has 1 aromatic heterocycles. The molecule has 0 saturated heterocycles. The van der Waals surface area contributed by atoms with Gasteiger partial charge in [0.1, 0.15) is 0 Å². The van der Waals surface area contributed by atoms with E-state index in [1.807, 2.05) is 43.4 Å². The van der Waals surface area contributed by atoms with E-state index < -0.39 is 0 Å². The summed E-state index contributed by atoms with van der Waals surface area (Å²) in [6.07, 6.45) is 3.17. The van der Waals surface area contributed by atoms with Gasteiger partial charge in [0.05, 0.1) is 27.1 Å². The molecule has 1 aromatic rings. The van der Waals surface area contributed by atoms with Crippen LogP contribution >= 0.6 is 22.6 Å². The van der Waals surface area contributed by atoms with E-state index in [-0.39, 0.29) is 11.0 Å². The molecule has 0 spiro atoms. The fourth-order valence-corrected chi connectivity index (χ4v) is 1.90. The first-order valence-corrected chi connectivity index (χ1v) is 6.58. The molecule has 0 aliphatic carbocycles. The van der Waals surface area contributed by atoms with Crippen LogP contribution in [0, 0.1) is 27.2 Å². The predicted octanol–water partition coefficient (Wildman–Crippen LogP) is 2.49. The summed E-state index contributed by atoms with van der Waals surface area (Å²) < 4.78 is 2.28. The minimum atomic E-state index is -0.325. The van der Waals surface area contributed by atoms with Gasteiger partial charge in [0.2, 0.25) is 0 Å². The summed E-state index contributed by atoms with van der Waals surface area (Å²) in [6.45, 7) is 6.26. The summed E-state index contributed by atoms with van der Waals surface area (Å²) in [5, 5.41) is 8.89. The van der Waals surface area contributed by atoms with Crippen LogP contribution in [0.2, 0.25) is 0 Å². The summed E-state index contributed by atoms with van der Waals surface area (Å²) in [4.78, 5) is 16.0. The highest BCUT2D eigenvalue weighted by Gasteiger charge is 2.16. The number of aryl methyl sites for hydroxylation is 2. The molecule has 4 nitrogen and oxygen atoms in total. The van der Waals surface area contributed by atoms with Crippen LogP contribution < -0.4 is 5.56 Å². The number of hydrogen-bond acceptors (Lipinski definition) is 3. The Balaban J connectivity index is 2.70. The quantitative estimate of drug-likeness (QED) is 0.788. The van der Waals surface area contributed by atoms with Gasteiger partial charge < -0.3 is 0 Å². The van der Waals surface area contributed by atoms with E-state index in [2.05, 4.69) is 11.1 Å². The Morgan fingerprint density at radius 1 is 1.59 bits per heavy atom. The van der Waals surface area contributed by atoms with Crippen molar-refractivity contribution in [2.75, 3.05) is 0 Å². The summed E-state index contributed by atoms with van der Waals surface area (Å²) in [7, 11) is 0. The van der Waals surface area contributed by atoms with Crippen molar-refractivity contribution < 1.29 is 0 Å². The molecule has 0 aromatic carbocycles. The Morgan fingerprint density at radius 2 is 2.24 bits per heavy atom. The van der Waals surface area contributed by atoms with Crippen LogP contribution in [0.5, 0.6) is 0 Å². The Bertz CT molecular complexity index is 499. The lowest BCUT2D eigenvalue weighted by Crippen LogP contribution is -2.24. The van der Waals surface area contributed by atoms with Crippen molar-refractivity contribution in [1.82, 2.24) is 9.55 Å². The standard InChI is InChI=1S/C12H16IN3O/c1-9-10(13)11(17)16(8-15-9)6-4-5-12(2,3)7-14/h8H,4-6H2,1-3H3. The van der Waals surface area contributed by atoms with Crippen LogP contribution in [0.4, 0.5) is 0 Å². The smallest absolute Gasteiger partial charge is 0.266 e. The van der Waals surface area contributed by atoms with E-state index in [1.54, 1.807) is 10.9 Å². The first-order chi connectivity index (χ1) is 7.87. The Kier molecular flexibility index (Phi) is 4.69. The molecule has 0 aliphatic rings. The average Bonchev–Trinajstić information content (AvgIpc) is 2.29. The second-order valence-electron chi connectivity index (χ2n) is 4.74. The summed E-state index contributed by atoms with van der Waals surface area (Å²) >= 11 is 2.02. The third-order valence-corrected chi connectivity index (χ3v) is 3.90. The first-order valence-electron chi connectivity index (χ1n) is 5.50. The van der Waals surface area contributed by atoms with Gasteiger partial charge in [-0.15, -0.1) is 0 Å². The minimum absolute atomic E-state index is 0.00728. The van der Waals surface area contributed by atoms with Gasteiger partial charge in [0.15, 0.2) is 0 Å². The van der Waals surface area contributed by atoms with Crippen molar-refractivity contribution in [3.05, 3.63) is 25.9 Å². The van der Waals surface area contributed by atoms with Gasteiger partial charge in [-0.2, -0.15) is 5.26 Å². The molecule has 0 saturated carbocycles. The van der Waals surface area contributed by atoms with Crippen LogP contribution in [0.25, 0.3) is 0 Å². The van der Waals surface area contributed by atoms with Gasteiger partial charge in [-0.05, 0) is 56.2 Å². The van der Waals surface area contributed by atoms with E-state index in [9.17, 15) is 4.79 Å². The molecule has 1 rings (SSSR count). The van der Waals surface area contributed by atoms with Crippen LogP contribution in [0.15, 0.2) is 11.1 Å². The molecule has 1 heterocycles. The van der Waals surface area contributed by atoms with Crippen molar-refractivity contribution >= 4 is 22.6 Å². The molecule has 0 N–H and O–H groups in total.